The number of rotatable bonds is 2. The third-order valence-corrected chi connectivity index (χ3v) is 3.39. The van der Waals surface area contributed by atoms with E-state index >= 15 is 0 Å². The van der Waals surface area contributed by atoms with E-state index in [1.54, 1.807) is 34.9 Å². The number of aromatic hydroxyl groups is 1. The van der Waals surface area contributed by atoms with Crippen molar-refractivity contribution in [3.8, 4) is 11.8 Å². The summed E-state index contributed by atoms with van der Waals surface area (Å²) in [5.74, 6) is -0.0161. The zero-order valence-corrected chi connectivity index (χ0v) is 11.2. The Bertz CT molecular complexity index is 920. The van der Waals surface area contributed by atoms with E-state index in [9.17, 15) is 9.90 Å². The molecule has 0 saturated carbocycles. The molecule has 4 heteroatoms. The highest BCUT2D eigenvalue weighted by Crippen LogP contribution is 2.22. The van der Waals surface area contributed by atoms with Crippen LogP contribution in [0.4, 0.5) is 0 Å². The maximum Gasteiger partial charge on any atom is 0.255 e. The summed E-state index contributed by atoms with van der Waals surface area (Å²) < 4.78 is 1.59. The van der Waals surface area contributed by atoms with Crippen molar-refractivity contribution in [2.24, 2.45) is 0 Å². The Hall–Kier alpha value is -3.06. The lowest BCUT2D eigenvalue weighted by Crippen LogP contribution is -2.20. The first-order valence-electron chi connectivity index (χ1n) is 6.49. The number of fused-ring (bicyclic) bond motifs is 1. The van der Waals surface area contributed by atoms with Crippen molar-refractivity contribution in [1.82, 2.24) is 4.57 Å². The number of hydrogen-bond donors (Lipinski definition) is 1. The van der Waals surface area contributed by atoms with Gasteiger partial charge in [0.1, 0.15) is 5.75 Å². The van der Waals surface area contributed by atoms with Crippen LogP contribution in [-0.2, 0) is 6.54 Å². The SMILES string of the molecule is N#Cc1cccc(Cn2c(=O)cc(O)c3ccccc32)c1. The molecule has 4 nitrogen and oxygen atoms in total. The smallest absolute Gasteiger partial charge is 0.255 e. The summed E-state index contributed by atoms with van der Waals surface area (Å²) >= 11 is 0. The van der Waals surface area contributed by atoms with Crippen molar-refractivity contribution in [2.45, 2.75) is 6.54 Å². The van der Waals surface area contributed by atoms with E-state index < -0.39 is 0 Å². The van der Waals surface area contributed by atoms with Gasteiger partial charge >= 0.3 is 0 Å². The molecule has 0 spiro atoms. The van der Waals surface area contributed by atoms with Gasteiger partial charge in [-0.05, 0) is 29.8 Å². The zero-order chi connectivity index (χ0) is 14.8. The van der Waals surface area contributed by atoms with E-state index in [0.717, 1.165) is 5.56 Å². The lowest BCUT2D eigenvalue weighted by Gasteiger charge is -2.11. The number of nitriles is 1. The van der Waals surface area contributed by atoms with Crippen molar-refractivity contribution in [3.63, 3.8) is 0 Å². The third-order valence-electron chi connectivity index (χ3n) is 3.39. The molecule has 1 heterocycles. The number of aromatic nitrogens is 1. The molecule has 0 amide bonds. The fourth-order valence-electron chi connectivity index (χ4n) is 2.40. The van der Waals surface area contributed by atoms with Gasteiger partial charge in [0, 0.05) is 11.5 Å². The quantitative estimate of drug-likeness (QED) is 0.782. The predicted octanol–water partition coefficient (Wildman–Crippen LogP) is 2.63. The number of nitrogens with zero attached hydrogens (tertiary/aromatic N) is 2. The number of pyridine rings is 1. The molecule has 1 N–H and O–H groups in total. The molecule has 1 aromatic heterocycles. The van der Waals surface area contributed by atoms with Crippen LogP contribution in [0.25, 0.3) is 10.9 Å². The van der Waals surface area contributed by atoms with Gasteiger partial charge < -0.3 is 9.67 Å². The van der Waals surface area contributed by atoms with E-state index in [4.69, 9.17) is 5.26 Å². The van der Waals surface area contributed by atoms with Gasteiger partial charge in [-0.1, -0.05) is 24.3 Å². The highest BCUT2D eigenvalue weighted by atomic mass is 16.3. The summed E-state index contributed by atoms with van der Waals surface area (Å²) in [6.07, 6.45) is 0. The molecule has 21 heavy (non-hydrogen) atoms. The van der Waals surface area contributed by atoms with Crippen molar-refractivity contribution in [3.05, 3.63) is 76.1 Å². The topological polar surface area (TPSA) is 66.0 Å². The highest BCUT2D eigenvalue weighted by Gasteiger charge is 2.08. The summed E-state index contributed by atoms with van der Waals surface area (Å²) in [5.41, 5.74) is 1.83. The van der Waals surface area contributed by atoms with E-state index in [0.29, 0.717) is 23.0 Å². The van der Waals surface area contributed by atoms with Crippen LogP contribution >= 0.6 is 0 Å². The average molecular weight is 276 g/mol. The summed E-state index contributed by atoms with van der Waals surface area (Å²) in [5, 5.41) is 19.4. The first kappa shape index (κ1) is 12.9. The fourth-order valence-corrected chi connectivity index (χ4v) is 2.40. The van der Waals surface area contributed by atoms with Gasteiger partial charge in [-0.3, -0.25) is 4.79 Å². The molecule has 0 aliphatic heterocycles. The molecule has 0 saturated heterocycles. The molecular formula is C17H12N2O2. The standard InChI is InChI=1S/C17H12N2O2/c18-10-12-4-3-5-13(8-12)11-19-15-7-2-1-6-14(15)16(20)9-17(19)21/h1-9,20H,11H2. The molecular weight excluding hydrogens is 264 g/mol. The van der Waals surface area contributed by atoms with Gasteiger partial charge in [-0.25, -0.2) is 0 Å². The minimum Gasteiger partial charge on any atom is -0.507 e. The van der Waals surface area contributed by atoms with Gasteiger partial charge in [0.05, 0.1) is 23.7 Å². The molecule has 0 fully saturated rings. The largest absolute Gasteiger partial charge is 0.507 e. The monoisotopic (exact) mass is 276 g/mol. The average Bonchev–Trinajstić information content (AvgIpc) is 2.51. The third kappa shape index (κ3) is 2.37. The number of benzene rings is 2. The number of hydrogen-bond acceptors (Lipinski definition) is 3. The summed E-state index contributed by atoms with van der Waals surface area (Å²) in [7, 11) is 0. The molecule has 0 aliphatic carbocycles. The summed E-state index contributed by atoms with van der Waals surface area (Å²) in [6, 6.07) is 17.7. The van der Waals surface area contributed by atoms with Gasteiger partial charge in [0.15, 0.2) is 0 Å². The Morgan fingerprint density at radius 2 is 1.90 bits per heavy atom. The van der Waals surface area contributed by atoms with E-state index in [1.807, 2.05) is 18.2 Å². The Kier molecular flexibility index (Phi) is 3.17. The first-order valence-corrected chi connectivity index (χ1v) is 6.49. The second kappa shape index (κ2) is 5.14. The van der Waals surface area contributed by atoms with E-state index in [2.05, 4.69) is 6.07 Å². The van der Waals surface area contributed by atoms with Crippen molar-refractivity contribution < 1.29 is 5.11 Å². The van der Waals surface area contributed by atoms with Crippen LogP contribution in [0, 0.1) is 11.3 Å². The lowest BCUT2D eigenvalue weighted by atomic mass is 10.1. The summed E-state index contributed by atoms with van der Waals surface area (Å²) in [6.45, 7) is 0.356. The molecule has 3 aromatic rings. The van der Waals surface area contributed by atoms with Gasteiger partial charge in [0.2, 0.25) is 0 Å². The van der Waals surface area contributed by atoms with Crippen LogP contribution in [0.5, 0.6) is 5.75 Å². The molecule has 102 valence electrons. The minimum atomic E-state index is -0.270. The van der Waals surface area contributed by atoms with E-state index in [-0.39, 0.29) is 11.3 Å². The zero-order valence-electron chi connectivity index (χ0n) is 11.2. The Morgan fingerprint density at radius 1 is 1.10 bits per heavy atom. The molecule has 3 rings (SSSR count). The number of para-hydroxylation sites is 1. The molecule has 0 radical (unpaired) electrons. The van der Waals surface area contributed by atoms with Gasteiger partial charge in [-0.15, -0.1) is 0 Å². The van der Waals surface area contributed by atoms with Crippen LogP contribution in [0.1, 0.15) is 11.1 Å². The van der Waals surface area contributed by atoms with Crippen molar-refractivity contribution in [2.75, 3.05) is 0 Å². The summed E-state index contributed by atoms with van der Waals surface area (Å²) in [4.78, 5) is 12.2. The normalized spacial score (nSPS) is 10.4. The Balaban J connectivity index is 2.17. The van der Waals surface area contributed by atoms with Crippen LogP contribution in [0.2, 0.25) is 0 Å². The van der Waals surface area contributed by atoms with Crippen LogP contribution in [0.3, 0.4) is 0 Å². The molecule has 0 atom stereocenters. The minimum absolute atomic E-state index is 0.0161. The maximum atomic E-state index is 12.2. The predicted molar refractivity (Wildman–Crippen MR) is 80.1 cm³/mol. The highest BCUT2D eigenvalue weighted by molar-refractivity contribution is 5.84. The second-order valence-electron chi connectivity index (χ2n) is 4.78. The molecule has 0 aliphatic rings. The van der Waals surface area contributed by atoms with Gasteiger partial charge in [-0.2, -0.15) is 5.26 Å². The first-order chi connectivity index (χ1) is 10.2. The van der Waals surface area contributed by atoms with Crippen LogP contribution in [-0.4, -0.2) is 9.67 Å². The lowest BCUT2D eigenvalue weighted by molar-refractivity contribution is 0.479. The van der Waals surface area contributed by atoms with Crippen molar-refractivity contribution in [1.29, 1.82) is 5.26 Å². The fraction of sp³-hybridized carbons (Fsp3) is 0.0588. The van der Waals surface area contributed by atoms with Crippen molar-refractivity contribution >= 4 is 10.9 Å². The van der Waals surface area contributed by atoms with Gasteiger partial charge in [0.25, 0.3) is 5.56 Å². The molecule has 2 aromatic carbocycles. The molecule has 0 unspecified atom stereocenters. The Morgan fingerprint density at radius 3 is 2.71 bits per heavy atom. The van der Waals surface area contributed by atoms with Crippen LogP contribution < -0.4 is 5.56 Å². The van der Waals surface area contributed by atoms with Crippen LogP contribution in [0.15, 0.2) is 59.4 Å². The maximum absolute atomic E-state index is 12.2. The molecule has 0 bridgehead atoms. The van der Waals surface area contributed by atoms with E-state index in [1.165, 1.54) is 6.07 Å². The Labute approximate surface area is 121 Å². The second-order valence-corrected chi connectivity index (χ2v) is 4.78.